The van der Waals surface area contributed by atoms with Crippen LogP contribution in [0.3, 0.4) is 0 Å². The van der Waals surface area contributed by atoms with E-state index < -0.39 is 0 Å². The fourth-order valence-electron chi connectivity index (χ4n) is 3.50. The fraction of sp³-hybridized carbons (Fsp3) is 0.273. The van der Waals surface area contributed by atoms with Gasteiger partial charge >= 0.3 is 0 Å². The molecule has 5 nitrogen and oxygen atoms in total. The van der Waals surface area contributed by atoms with Crippen molar-refractivity contribution in [3.8, 4) is 0 Å². The van der Waals surface area contributed by atoms with Gasteiger partial charge in [-0.25, -0.2) is 0 Å². The number of pyridine rings is 1. The Bertz CT molecular complexity index is 982. The molecule has 0 amide bonds. The zero-order chi connectivity index (χ0) is 20.9. The Balaban J connectivity index is 1.60. The van der Waals surface area contributed by atoms with Crippen LogP contribution >= 0.6 is 35.6 Å². The lowest BCUT2D eigenvalue weighted by Crippen LogP contribution is -2.31. The number of nitrogens with one attached hydrogen (secondary N) is 1. The summed E-state index contributed by atoms with van der Waals surface area (Å²) in [6.45, 7) is 1.45. The quantitative estimate of drug-likeness (QED) is 0.353. The normalized spacial score (nSPS) is 18.6. The highest BCUT2D eigenvalue weighted by Gasteiger charge is 2.41. The predicted octanol–water partition coefficient (Wildman–Crippen LogP) is 5.49. The summed E-state index contributed by atoms with van der Waals surface area (Å²) in [6, 6.07) is 17.5. The number of hydrogen-bond donors (Lipinski definition) is 1. The average molecular weight is 460 g/mol. The van der Waals surface area contributed by atoms with Crippen molar-refractivity contribution >= 4 is 40.7 Å². The van der Waals surface area contributed by atoms with Crippen molar-refractivity contribution in [3.63, 3.8) is 0 Å². The molecule has 0 spiro atoms. The molecule has 156 valence electrons. The van der Waals surface area contributed by atoms with Gasteiger partial charge in [-0.05, 0) is 67.2 Å². The Kier molecular flexibility index (Phi) is 6.94. The molecule has 0 aliphatic carbocycles. The fourth-order valence-corrected chi connectivity index (χ4v) is 4.74. The number of hydrogen-bond acceptors (Lipinski definition) is 5. The van der Waals surface area contributed by atoms with Gasteiger partial charge < -0.3 is 19.4 Å². The third-order valence-electron chi connectivity index (χ3n) is 4.87. The van der Waals surface area contributed by atoms with E-state index in [0.717, 1.165) is 39.4 Å². The molecule has 0 radical (unpaired) electrons. The van der Waals surface area contributed by atoms with Crippen molar-refractivity contribution < 1.29 is 9.15 Å². The molecule has 0 saturated carbocycles. The van der Waals surface area contributed by atoms with Gasteiger partial charge in [-0.3, -0.25) is 4.98 Å². The van der Waals surface area contributed by atoms with E-state index >= 15 is 0 Å². The maximum atomic E-state index is 6.27. The van der Waals surface area contributed by atoms with Crippen LogP contribution in [-0.2, 0) is 4.74 Å². The minimum absolute atomic E-state index is 0.0798. The third kappa shape index (κ3) is 4.81. The standard InChI is InChI=1S/C22H22ClN3O2S2/c1-27-14-4-13-26-21(20(25-22(26)29)17-5-2-3-12-24-17)18-10-11-19(28-18)30-16-8-6-15(23)7-9-16/h2-3,5-12,20-21H,4,13-14H2,1H3,(H,25,29)/t20-,21-/m0/s1. The maximum Gasteiger partial charge on any atom is 0.170 e. The summed E-state index contributed by atoms with van der Waals surface area (Å²) < 4.78 is 11.5. The van der Waals surface area contributed by atoms with E-state index in [-0.39, 0.29) is 12.1 Å². The number of thiocarbonyl (C=S) groups is 1. The molecular weight excluding hydrogens is 438 g/mol. The van der Waals surface area contributed by atoms with Crippen molar-refractivity contribution in [1.82, 2.24) is 15.2 Å². The first-order chi connectivity index (χ1) is 14.7. The second-order valence-electron chi connectivity index (χ2n) is 6.88. The first-order valence-electron chi connectivity index (χ1n) is 9.66. The molecule has 2 atom stereocenters. The van der Waals surface area contributed by atoms with E-state index in [9.17, 15) is 0 Å². The van der Waals surface area contributed by atoms with E-state index in [1.165, 1.54) is 0 Å². The lowest BCUT2D eigenvalue weighted by atomic mass is 10.0. The molecule has 0 bridgehead atoms. The second-order valence-corrected chi connectivity index (χ2v) is 8.78. The van der Waals surface area contributed by atoms with Crippen LogP contribution in [0.5, 0.6) is 0 Å². The van der Waals surface area contributed by atoms with Crippen molar-refractivity contribution in [1.29, 1.82) is 0 Å². The first kappa shape index (κ1) is 21.2. The molecule has 1 N–H and O–H groups in total. The van der Waals surface area contributed by atoms with Crippen molar-refractivity contribution in [2.75, 3.05) is 20.3 Å². The van der Waals surface area contributed by atoms with Crippen LogP contribution in [0.2, 0.25) is 5.02 Å². The highest BCUT2D eigenvalue weighted by Crippen LogP contribution is 2.41. The summed E-state index contributed by atoms with van der Waals surface area (Å²) in [5, 5.41) is 5.68. The summed E-state index contributed by atoms with van der Waals surface area (Å²) in [6.07, 6.45) is 2.67. The maximum absolute atomic E-state index is 6.27. The molecule has 1 fully saturated rings. The molecule has 1 aromatic carbocycles. The Morgan fingerprint density at radius 2 is 2.03 bits per heavy atom. The third-order valence-corrected chi connectivity index (χ3v) is 6.40. The van der Waals surface area contributed by atoms with Crippen molar-refractivity contribution in [3.05, 3.63) is 77.3 Å². The van der Waals surface area contributed by atoms with Crippen LogP contribution in [-0.4, -0.2) is 35.3 Å². The van der Waals surface area contributed by atoms with Crippen LogP contribution < -0.4 is 5.32 Å². The van der Waals surface area contributed by atoms with Gasteiger partial charge in [0.2, 0.25) is 0 Å². The Morgan fingerprint density at radius 1 is 1.20 bits per heavy atom. The van der Waals surface area contributed by atoms with Crippen LogP contribution in [0.4, 0.5) is 0 Å². The number of furan rings is 1. The van der Waals surface area contributed by atoms with Gasteiger partial charge in [0.15, 0.2) is 10.2 Å². The summed E-state index contributed by atoms with van der Waals surface area (Å²) >= 11 is 13.2. The van der Waals surface area contributed by atoms with Gasteiger partial charge in [-0.1, -0.05) is 29.4 Å². The summed E-state index contributed by atoms with van der Waals surface area (Å²) in [7, 11) is 1.71. The number of rotatable bonds is 8. The molecule has 3 heterocycles. The Hall–Kier alpha value is -2.06. The van der Waals surface area contributed by atoms with Crippen LogP contribution in [0.15, 0.2) is 75.2 Å². The molecule has 4 rings (SSSR count). The molecule has 8 heteroatoms. The van der Waals surface area contributed by atoms with Gasteiger partial charge in [-0.15, -0.1) is 0 Å². The highest BCUT2D eigenvalue weighted by molar-refractivity contribution is 7.99. The largest absolute Gasteiger partial charge is 0.452 e. The summed E-state index contributed by atoms with van der Waals surface area (Å²) in [4.78, 5) is 7.79. The molecule has 1 aliphatic rings. The predicted molar refractivity (Wildman–Crippen MR) is 123 cm³/mol. The summed E-state index contributed by atoms with van der Waals surface area (Å²) in [5.74, 6) is 0.854. The number of methoxy groups -OCH3 is 1. The van der Waals surface area contributed by atoms with E-state index in [2.05, 4.69) is 15.2 Å². The smallest absolute Gasteiger partial charge is 0.170 e. The van der Waals surface area contributed by atoms with Gasteiger partial charge in [0.25, 0.3) is 0 Å². The number of halogens is 1. The SMILES string of the molecule is COCCCN1C(=S)N[C@@H](c2ccccn2)[C@@H]1c1ccc(Sc2ccc(Cl)cc2)o1. The minimum atomic E-state index is -0.0826. The Labute approximate surface area is 190 Å². The van der Waals surface area contributed by atoms with E-state index in [0.29, 0.717) is 11.7 Å². The van der Waals surface area contributed by atoms with Gasteiger partial charge in [0.1, 0.15) is 11.8 Å². The lowest BCUT2D eigenvalue weighted by molar-refractivity contribution is 0.176. The average Bonchev–Trinajstić information content (AvgIpc) is 3.35. The number of nitrogens with zero attached hydrogens (tertiary/aromatic N) is 2. The molecule has 1 saturated heterocycles. The number of ether oxygens (including phenoxy) is 1. The number of aromatic nitrogens is 1. The van der Waals surface area contributed by atoms with E-state index in [1.807, 2.05) is 54.6 Å². The molecular formula is C22H22ClN3O2S2. The van der Waals surface area contributed by atoms with Crippen LogP contribution in [0.25, 0.3) is 0 Å². The molecule has 30 heavy (non-hydrogen) atoms. The molecule has 3 aromatic rings. The van der Waals surface area contributed by atoms with E-state index in [4.69, 9.17) is 33.0 Å². The molecule has 1 aliphatic heterocycles. The lowest BCUT2D eigenvalue weighted by Gasteiger charge is -2.25. The first-order valence-corrected chi connectivity index (χ1v) is 11.3. The zero-order valence-corrected chi connectivity index (χ0v) is 18.8. The van der Waals surface area contributed by atoms with Gasteiger partial charge in [0, 0.05) is 36.4 Å². The molecule has 0 unspecified atom stereocenters. The number of benzene rings is 1. The van der Waals surface area contributed by atoms with Crippen LogP contribution in [0.1, 0.15) is 30.0 Å². The zero-order valence-electron chi connectivity index (χ0n) is 16.5. The van der Waals surface area contributed by atoms with Crippen molar-refractivity contribution in [2.45, 2.75) is 28.5 Å². The van der Waals surface area contributed by atoms with Gasteiger partial charge in [0.05, 0.1) is 11.7 Å². The molecule has 2 aromatic heterocycles. The monoisotopic (exact) mass is 459 g/mol. The Morgan fingerprint density at radius 3 is 2.77 bits per heavy atom. The van der Waals surface area contributed by atoms with Crippen molar-refractivity contribution in [2.24, 2.45) is 0 Å². The topological polar surface area (TPSA) is 50.5 Å². The highest BCUT2D eigenvalue weighted by atomic mass is 35.5. The van der Waals surface area contributed by atoms with Crippen LogP contribution in [0, 0.1) is 0 Å². The van der Waals surface area contributed by atoms with E-state index in [1.54, 1.807) is 25.1 Å². The minimum Gasteiger partial charge on any atom is -0.452 e. The second kappa shape index (κ2) is 9.83. The summed E-state index contributed by atoms with van der Waals surface area (Å²) in [5.41, 5.74) is 0.933. The van der Waals surface area contributed by atoms with Gasteiger partial charge in [-0.2, -0.15) is 0 Å².